The molecule has 1 aromatic rings. The Kier molecular flexibility index (Phi) is 4.46. The maximum Gasteiger partial charge on any atom is 0.0935 e. The summed E-state index contributed by atoms with van der Waals surface area (Å²) in [6, 6.07) is 2.71. The summed E-state index contributed by atoms with van der Waals surface area (Å²) in [4.78, 5) is 0. The second-order valence-electron chi connectivity index (χ2n) is 4.98. The lowest BCUT2D eigenvalue weighted by Gasteiger charge is -2.25. The van der Waals surface area contributed by atoms with E-state index in [2.05, 4.69) is 18.4 Å². The van der Waals surface area contributed by atoms with Crippen LogP contribution >= 0.6 is 0 Å². The van der Waals surface area contributed by atoms with E-state index in [9.17, 15) is 0 Å². The molecule has 16 heavy (non-hydrogen) atoms. The molecule has 0 aromatic carbocycles. The van der Waals surface area contributed by atoms with Gasteiger partial charge in [-0.05, 0) is 43.9 Å². The molecule has 1 atom stereocenters. The smallest absolute Gasteiger partial charge is 0.0935 e. The van der Waals surface area contributed by atoms with Crippen LogP contribution < -0.4 is 5.32 Å². The van der Waals surface area contributed by atoms with E-state index in [1.807, 2.05) is 6.26 Å². The van der Waals surface area contributed by atoms with Crippen LogP contribution in [0.1, 0.15) is 44.1 Å². The number of furan rings is 1. The molecule has 0 saturated heterocycles. The van der Waals surface area contributed by atoms with E-state index in [0.29, 0.717) is 6.04 Å². The van der Waals surface area contributed by atoms with Crippen molar-refractivity contribution in [2.75, 3.05) is 7.05 Å². The molecule has 0 amide bonds. The number of likely N-dealkylation sites (N-methyl/N-ethyl adjacent to an activating group) is 1. The number of nitrogens with one attached hydrogen (secondary N) is 1. The lowest BCUT2D eigenvalue weighted by Crippen LogP contribution is -2.35. The second kappa shape index (κ2) is 6.09. The van der Waals surface area contributed by atoms with Crippen LogP contribution in [0.4, 0.5) is 0 Å². The zero-order valence-corrected chi connectivity index (χ0v) is 10.2. The van der Waals surface area contributed by atoms with Gasteiger partial charge >= 0.3 is 0 Å². The van der Waals surface area contributed by atoms with Crippen LogP contribution in [-0.4, -0.2) is 13.1 Å². The number of rotatable bonds is 4. The molecule has 0 radical (unpaired) electrons. The predicted octanol–water partition coefficient (Wildman–Crippen LogP) is 3.38. The van der Waals surface area contributed by atoms with E-state index >= 15 is 0 Å². The van der Waals surface area contributed by atoms with Crippen LogP contribution in [0.25, 0.3) is 0 Å². The lowest BCUT2D eigenvalue weighted by atomic mass is 9.88. The Hall–Kier alpha value is -0.760. The standard InChI is InChI=1S/C14H23NO/c1-15-14(10-12-8-9-16-11-12)13-6-4-2-3-5-7-13/h8-9,11,13-15H,2-7,10H2,1H3. The van der Waals surface area contributed by atoms with Gasteiger partial charge in [0.25, 0.3) is 0 Å². The molecule has 1 N–H and O–H groups in total. The average molecular weight is 221 g/mol. The first-order chi connectivity index (χ1) is 7.90. The van der Waals surface area contributed by atoms with Gasteiger partial charge < -0.3 is 9.73 Å². The van der Waals surface area contributed by atoms with Crippen LogP contribution in [0.15, 0.2) is 23.0 Å². The summed E-state index contributed by atoms with van der Waals surface area (Å²) < 4.78 is 5.14. The molecule has 1 aromatic heterocycles. The zero-order chi connectivity index (χ0) is 11.2. The average Bonchev–Trinajstić information content (AvgIpc) is 2.67. The molecule has 1 unspecified atom stereocenters. The highest BCUT2D eigenvalue weighted by molar-refractivity contribution is 5.08. The third-order valence-electron chi connectivity index (χ3n) is 3.88. The van der Waals surface area contributed by atoms with E-state index in [-0.39, 0.29) is 0 Å². The van der Waals surface area contributed by atoms with Crippen LogP contribution in [0.2, 0.25) is 0 Å². The summed E-state index contributed by atoms with van der Waals surface area (Å²) in [7, 11) is 2.09. The quantitative estimate of drug-likeness (QED) is 0.788. The Morgan fingerprint density at radius 2 is 2.06 bits per heavy atom. The van der Waals surface area contributed by atoms with E-state index in [1.165, 1.54) is 44.1 Å². The molecule has 2 rings (SSSR count). The number of hydrogen-bond acceptors (Lipinski definition) is 2. The lowest BCUT2D eigenvalue weighted by molar-refractivity contribution is 0.332. The van der Waals surface area contributed by atoms with Gasteiger partial charge in [0.15, 0.2) is 0 Å². The fourth-order valence-electron chi connectivity index (χ4n) is 2.88. The summed E-state index contributed by atoms with van der Waals surface area (Å²) >= 11 is 0. The normalized spacial score (nSPS) is 20.6. The molecule has 0 spiro atoms. The Morgan fingerprint density at radius 1 is 1.31 bits per heavy atom. The Bertz CT molecular complexity index is 273. The monoisotopic (exact) mass is 221 g/mol. The van der Waals surface area contributed by atoms with Crippen LogP contribution in [0.5, 0.6) is 0 Å². The van der Waals surface area contributed by atoms with Crippen molar-refractivity contribution in [2.45, 2.75) is 51.0 Å². The van der Waals surface area contributed by atoms with Gasteiger partial charge in [0, 0.05) is 6.04 Å². The fourth-order valence-corrected chi connectivity index (χ4v) is 2.88. The largest absolute Gasteiger partial charge is 0.472 e. The van der Waals surface area contributed by atoms with Gasteiger partial charge in [0.1, 0.15) is 0 Å². The van der Waals surface area contributed by atoms with Crippen LogP contribution in [-0.2, 0) is 6.42 Å². The minimum Gasteiger partial charge on any atom is -0.472 e. The van der Waals surface area contributed by atoms with Crippen molar-refractivity contribution >= 4 is 0 Å². The van der Waals surface area contributed by atoms with Gasteiger partial charge in [-0.2, -0.15) is 0 Å². The Labute approximate surface area is 98.4 Å². The van der Waals surface area contributed by atoms with E-state index < -0.39 is 0 Å². The van der Waals surface area contributed by atoms with Gasteiger partial charge in [-0.1, -0.05) is 25.7 Å². The van der Waals surface area contributed by atoms with Crippen molar-refractivity contribution in [3.63, 3.8) is 0 Å². The molecule has 90 valence electrons. The third-order valence-corrected chi connectivity index (χ3v) is 3.88. The Balaban J connectivity index is 1.92. The zero-order valence-electron chi connectivity index (χ0n) is 10.2. The molecule has 0 aliphatic heterocycles. The molecule has 2 heteroatoms. The van der Waals surface area contributed by atoms with Gasteiger partial charge in [0.2, 0.25) is 0 Å². The molecular formula is C14H23NO. The van der Waals surface area contributed by atoms with Crippen molar-refractivity contribution in [3.05, 3.63) is 24.2 Å². The van der Waals surface area contributed by atoms with Crippen LogP contribution in [0.3, 0.4) is 0 Å². The van der Waals surface area contributed by atoms with Gasteiger partial charge in [-0.25, -0.2) is 0 Å². The summed E-state index contributed by atoms with van der Waals surface area (Å²) in [5.74, 6) is 0.849. The maximum atomic E-state index is 5.14. The summed E-state index contributed by atoms with van der Waals surface area (Å²) in [6.07, 6.45) is 13.2. The second-order valence-corrected chi connectivity index (χ2v) is 4.98. The molecular weight excluding hydrogens is 198 g/mol. The van der Waals surface area contributed by atoms with Gasteiger partial charge in [-0.3, -0.25) is 0 Å². The molecule has 1 aliphatic rings. The highest BCUT2D eigenvalue weighted by Crippen LogP contribution is 2.27. The summed E-state index contributed by atoms with van der Waals surface area (Å²) in [6.45, 7) is 0. The highest BCUT2D eigenvalue weighted by atomic mass is 16.3. The third kappa shape index (κ3) is 3.11. The SMILES string of the molecule is CNC(Cc1ccoc1)C1CCCCCC1. The van der Waals surface area contributed by atoms with Crippen molar-refractivity contribution in [1.29, 1.82) is 0 Å². The number of hydrogen-bond donors (Lipinski definition) is 1. The molecule has 2 nitrogen and oxygen atoms in total. The van der Waals surface area contributed by atoms with Crippen molar-refractivity contribution in [1.82, 2.24) is 5.32 Å². The summed E-state index contributed by atoms with van der Waals surface area (Å²) in [5.41, 5.74) is 1.32. The first-order valence-corrected chi connectivity index (χ1v) is 6.58. The predicted molar refractivity (Wildman–Crippen MR) is 66.5 cm³/mol. The Morgan fingerprint density at radius 3 is 2.62 bits per heavy atom. The van der Waals surface area contributed by atoms with E-state index in [4.69, 9.17) is 4.42 Å². The first kappa shape index (κ1) is 11.7. The van der Waals surface area contributed by atoms with Crippen LogP contribution in [0, 0.1) is 5.92 Å². The molecule has 1 fully saturated rings. The van der Waals surface area contributed by atoms with Crippen molar-refractivity contribution in [2.24, 2.45) is 5.92 Å². The fraction of sp³-hybridized carbons (Fsp3) is 0.714. The highest BCUT2D eigenvalue weighted by Gasteiger charge is 2.21. The van der Waals surface area contributed by atoms with Gasteiger partial charge in [0.05, 0.1) is 12.5 Å². The molecule has 1 aliphatic carbocycles. The van der Waals surface area contributed by atoms with Crippen molar-refractivity contribution < 1.29 is 4.42 Å². The summed E-state index contributed by atoms with van der Waals surface area (Å²) in [5, 5.41) is 3.50. The van der Waals surface area contributed by atoms with E-state index in [0.717, 1.165) is 12.3 Å². The molecule has 1 heterocycles. The first-order valence-electron chi connectivity index (χ1n) is 6.58. The minimum atomic E-state index is 0.621. The van der Waals surface area contributed by atoms with Crippen molar-refractivity contribution in [3.8, 4) is 0 Å². The topological polar surface area (TPSA) is 25.2 Å². The maximum absolute atomic E-state index is 5.14. The molecule has 0 bridgehead atoms. The minimum absolute atomic E-state index is 0.621. The van der Waals surface area contributed by atoms with E-state index in [1.54, 1.807) is 6.26 Å². The van der Waals surface area contributed by atoms with Gasteiger partial charge in [-0.15, -0.1) is 0 Å². The molecule has 1 saturated carbocycles.